The number of anilines is 2. The van der Waals surface area contributed by atoms with E-state index < -0.39 is 0 Å². The summed E-state index contributed by atoms with van der Waals surface area (Å²) in [7, 11) is 1.71. The number of hydrogen-bond donors (Lipinski definition) is 1. The molecule has 1 aliphatic heterocycles. The molecule has 4 rings (SSSR count). The Morgan fingerprint density at radius 2 is 2.11 bits per heavy atom. The van der Waals surface area contributed by atoms with Gasteiger partial charge in [0.1, 0.15) is 24.3 Å². The van der Waals surface area contributed by atoms with Crippen molar-refractivity contribution in [2.45, 2.75) is 26.0 Å². The average Bonchev–Trinajstić information content (AvgIpc) is 2.97. The van der Waals surface area contributed by atoms with E-state index in [-0.39, 0.29) is 28.8 Å². The summed E-state index contributed by atoms with van der Waals surface area (Å²) in [6, 6.07) is 7.98. The lowest BCUT2D eigenvalue weighted by Gasteiger charge is -2.24. The lowest BCUT2D eigenvalue weighted by atomic mass is 10.1. The zero-order valence-electron chi connectivity index (χ0n) is 16.2. The molecule has 0 aliphatic carbocycles. The van der Waals surface area contributed by atoms with Crippen LogP contribution >= 0.6 is 0 Å². The average molecular weight is 381 g/mol. The first kappa shape index (κ1) is 18.2. The van der Waals surface area contributed by atoms with E-state index in [1.54, 1.807) is 12.0 Å². The summed E-state index contributed by atoms with van der Waals surface area (Å²) < 4.78 is 13.3. The molecule has 0 saturated heterocycles. The van der Waals surface area contributed by atoms with Gasteiger partial charge >= 0.3 is 0 Å². The number of fused-ring (bicyclic) bond motifs is 2. The Morgan fingerprint density at radius 3 is 2.89 bits per heavy atom. The van der Waals surface area contributed by atoms with Crippen LogP contribution in [-0.4, -0.2) is 46.3 Å². The summed E-state index contributed by atoms with van der Waals surface area (Å²) >= 11 is 0. The summed E-state index contributed by atoms with van der Waals surface area (Å²) in [6.07, 6.45) is 3.33. The van der Waals surface area contributed by atoms with E-state index in [4.69, 9.17) is 15.2 Å². The molecular weight excluding hydrogens is 358 g/mol. The fraction of sp³-hybridized carbons (Fsp3) is 0.350. The molecule has 0 spiro atoms. The fourth-order valence-electron chi connectivity index (χ4n) is 3.38. The van der Waals surface area contributed by atoms with Crippen molar-refractivity contribution in [1.29, 1.82) is 0 Å². The third-order valence-electron chi connectivity index (χ3n) is 5.02. The van der Waals surface area contributed by atoms with Gasteiger partial charge in [-0.2, -0.15) is 0 Å². The number of nitrogen functional groups attached to an aromatic ring is 1. The van der Waals surface area contributed by atoms with Gasteiger partial charge in [0.2, 0.25) is 5.88 Å². The molecule has 0 bridgehead atoms. The zero-order chi connectivity index (χ0) is 19.9. The first-order chi connectivity index (χ1) is 13.4. The fourth-order valence-corrected chi connectivity index (χ4v) is 3.38. The van der Waals surface area contributed by atoms with Gasteiger partial charge in [-0.15, -0.1) is 0 Å². The quantitative estimate of drug-likeness (QED) is 0.746. The number of carbonyl (C=O) groups excluding carboxylic acids is 1. The predicted molar refractivity (Wildman–Crippen MR) is 107 cm³/mol. The summed E-state index contributed by atoms with van der Waals surface area (Å²) in [5.41, 5.74) is 7.71. The first-order valence-corrected chi connectivity index (χ1v) is 9.09. The molecule has 1 amide bonds. The Bertz CT molecular complexity index is 1040. The Labute approximate surface area is 162 Å². The third kappa shape index (κ3) is 3.16. The second-order valence-corrected chi connectivity index (χ2v) is 7.39. The number of methoxy groups -OCH3 is 1. The number of amides is 1. The molecule has 2 aromatic heterocycles. The number of hydrogen-bond acceptors (Lipinski definition) is 6. The second-order valence-electron chi connectivity index (χ2n) is 7.39. The molecule has 8 heteroatoms. The van der Waals surface area contributed by atoms with Gasteiger partial charge in [0.25, 0.3) is 5.91 Å². The molecule has 146 valence electrons. The van der Waals surface area contributed by atoms with Crippen molar-refractivity contribution < 1.29 is 14.3 Å². The van der Waals surface area contributed by atoms with E-state index in [1.807, 2.05) is 44.3 Å². The Kier molecular flexibility index (Phi) is 4.43. The number of rotatable bonds is 4. The highest BCUT2D eigenvalue weighted by Gasteiger charge is 2.29. The Morgan fingerprint density at radius 1 is 1.29 bits per heavy atom. The van der Waals surface area contributed by atoms with Gasteiger partial charge in [0, 0.05) is 29.9 Å². The second kappa shape index (κ2) is 6.79. The third-order valence-corrected chi connectivity index (χ3v) is 5.02. The zero-order valence-corrected chi connectivity index (χ0v) is 16.2. The van der Waals surface area contributed by atoms with Crippen molar-refractivity contribution in [1.82, 2.24) is 14.5 Å². The Hall–Kier alpha value is -3.13. The van der Waals surface area contributed by atoms with Crippen LogP contribution in [0.1, 0.15) is 24.2 Å². The van der Waals surface area contributed by atoms with Crippen molar-refractivity contribution in [3.8, 4) is 5.88 Å². The molecule has 0 radical (unpaired) electrons. The summed E-state index contributed by atoms with van der Waals surface area (Å²) in [5.74, 6) is 0.0925. The maximum atomic E-state index is 13.1. The van der Waals surface area contributed by atoms with Crippen molar-refractivity contribution in [2.24, 2.45) is 0 Å². The smallest absolute Gasteiger partial charge is 0.267 e. The lowest BCUT2D eigenvalue weighted by Crippen LogP contribution is -2.32. The Balaban J connectivity index is 1.70. The molecule has 1 aliphatic rings. The van der Waals surface area contributed by atoms with Crippen LogP contribution in [0.2, 0.25) is 0 Å². The lowest BCUT2D eigenvalue weighted by molar-refractivity contribution is 0.00913. The normalized spacial score (nSPS) is 14.7. The number of nitrogens with two attached hydrogens (primary N) is 1. The van der Waals surface area contributed by atoms with E-state index in [0.717, 1.165) is 23.1 Å². The van der Waals surface area contributed by atoms with E-state index in [0.29, 0.717) is 13.2 Å². The number of ether oxygens (including phenoxy) is 2. The van der Waals surface area contributed by atoms with Crippen LogP contribution in [0, 0.1) is 0 Å². The molecule has 8 nitrogen and oxygen atoms in total. The van der Waals surface area contributed by atoms with Crippen LogP contribution in [0.25, 0.3) is 10.9 Å². The molecule has 0 fully saturated rings. The van der Waals surface area contributed by atoms with Crippen molar-refractivity contribution >= 4 is 28.3 Å². The molecule has 0 unspecified atom stereocenters. The molecule has 1 aromatic carbocycles. The standard InChI is InChI=1S/C20H23N5O3/c1-20(2,27-3)11-24-7-6-13-10-14(4-5-15(13)24)25-8-9-28-18-16(19(25)26)17(21)22-12-23-18/h4-7,10,12H,8-9,11H2,1-3H3,(H2,21,22,23). The van der Waals surface area contributed by atoms with Crippen LogP contribution in [0.5, 0.6) is 5.88 Å². The van der Waals surface area contributed by atoms with Gasteiger partial charge in [0.05, 0.1) is 18.7 Å². The van der Waals surface area contributed by atoms with Crippen LogP contribution in [0.15, 0.2) is 36.8 Å². The highest BCUT2D eigenvalue weighted by Crippen LogP contribution is 2.30. The van der Waals surface area contributed by atoms with E-state index in [9.17, 15) is 4.79 Å². The van der Waals surface area contributed by atoms with E-state index in [2.05, 4.69) is 14.5 Å². The summed E-state index contributed by atoms with van der Waals surface area (Å²) in [4.78, 5) is 22.7. The monoisotopic (exact) mass is 381 g/mol. The number of aromatic nitrogens is 3. The number of carbonyl (C=O) groups is 1. The molecule has 28 heavy (non-hydrogen) atoms. The number of nitrogens with zero attached hydrogens (tertiary/aromatic N) is 4. The van der Waals surface area contributed by atoms with Gasteiger partial charge < -0.3 is 24.7 Å². The molecule has 3 aromatic rings. The van der Waals surface area contributed by atoms with Crippen LogP contribution in [0.3, 0.4) is 0 Å². The molecule has 0 atom stereocenters. The van der Waals surface area contributed by atoms with Crippen molar-refractivity contribution in [3.05, 3.63) is 42.4 Å². The van der Waals surface area contributed by atoms with Crippen LogP contribution in [-0.2, 0) is 11.3 Å². The topological polar surface area (TPSA) is 95.5 Å². The minimum atomic E-state index is -0.274. The highest BCUT2D eigenvalue weighted by molar-refractivity contribution is 6.11. The van der Waals surface area contributed by atoms with Gasteiger partial charge in [-0.25, -0.2) is 9.97 Å². The predicted octanol–water partition coefficient (Wildman–Crippen LogP) is 2.48. The maximum Gasteiger partial charge on any atom is 0.267 e. The van der Waals surface area contributed by atoms with Crippen LogP contribution in [0.4, 0.5) is 11.5 Å². The van der Waals surface area contributed by atoms with E-state index in [1.165, 1.54) is 6.33 Å². The SMILES string of the molecule is COC(C)(C)Cn1ccc2cc(N3CCOc4ncnc(N)c4C3=O)ccc21. The minimum Gasteiger partial charge on any atom is -0.475 e. The summed E-state index contributed by atoms with van der Waals surface area (Å²) in [5, 5.41) is 1.04. The number of benzene rings is 1. The molecular formula is C20H23N5O3. The maximum absolute atomic E-state index is 13.1. The largest absolute Gasteiger partial charge is 0.475 e. The van der Waals surface area contributed by atoms with Crippen molar-refractivity contribution in [3.63, 3.8) is 0 Å². The van der Waals surface area contributed by atoms with Crippen molar-refractivity contribution in [2.75, 3.05) is 30.9 Å². The molecule has 3 heterocycles. The molecule has 0 saturated carbocycles. The van der Waals surface area contributed by atoms with Gasteiger partial charge in [-0.1, -0.05) is 0 Å². The minimum absolute atomic E-state index is 0.121. The van der Waals surface area contributed by atoms with E-state index >= 15 is 0 Å². The first-order valence-electron chi connectivity index (χ1n) is 9.09. The highest BCUT2D eigenvalue weighted by atomic mass is 16.5. The van der Waals surface area contributed by atoms with Crippen LogP contribution < -0.4 is 15.4 Å². The molecule has 2 N–H and O–H groups in total. The van der Waals surface area contributed by atoms with Gasteiger partial charge in [-0.3, -0.25) is 4.79 Å². The van der Waals surface area contributed by atoms with Gasteiger partial charge in [-0.05, 0) is 38.1 Å². The van der Waals surface area contributed by atoms with Gasteiger partial charge in [0.15, 0.2) is 0 Å². The summed E-state index contributed by atoms with van der Waals surface area (Å²) in [6.45, 7) is 5.55.